The van der Waals surface area contributed by atoms with E-state index in [9.17, 15) is 9.90 Å². The number of aromatic hydroxyl groups is 1. The molecule has 10 heteroatoms. The quantitative estimate of drug-likeness (QED) is 0.144. The molecular formula is C26H22Cl2N4O4. The summed E-state index contributed by atoms with van der Waals surface area (Å²) in [6, 6.07) is 17.2. The number of nitrogen functional groups attached to an aromatic ring is 1. The maximum absolute atomic E-state index is 12.4. The highest BCUT2D eigenvalue weighted by Gasteiger charge is 2.41. The number of anilines is 1. The van der Waals surface area contributed by atoms with Crippen LogP contribution in [0.25, 0.3) is 10.9 Å². The Labute approximate surface area is 216 Å². The summed E-state index contributed by atoms with van der Waals surface area (Å²) in [5.41, 5.74) is 11.0. The lowest BCUT2D eigenvalue weighted by Crippen LogP contribution is -2.33. The Hall–Kier alpha value is -3.56. The number of aromatic nitrogens is 1. The second kappa shape index (κ2) is 9.83. The normalized spacial score (nSPS) is 15.1. The summed E-state index contributed by atoms with van der Waals surface area (Å²) in [5, 5.41) is 15.6. The number of amides is 1. The maximum Gasteiger partial charge on any atom is 0.271 e. The number of phenolic OH excluding ortho intramolecular Hbond substituents is 1. The second-order valence-corrected chi connectivity index (χ2v) is 9.11. The van der Waals surface area contributed by atoms with Gasteiger partial charge in [0.25, 0.3) is 5.91 Å². The summed E-state index contributed by atoms with van der Waals surface area (Å²) in [6.07, 6.45) is 3.51. The zero-order valence-electron chi connectivity index (χ0n) is 18.9. The van der Waals surface area contributed by atoms with Crippen LogP contribution in [0.1, 0.15) is 21.5 Å². The van der Waals surface area contributed by atoms with Crippen LogP contribution in [-0.2, 0) is 21.8 Å². The highest BCUT2D eigenvalue weighted by molar-refractivity contribution is 6.35. The number of rotatable bonds is 6. The molecule has 8 nitrogen and oxygen atoms in total. The number of carbonyl (C=O) groups is 1. The molecule has 0 spiro atoms. The van der Waals surface area contributed by atoms with E-state index in [0.29, 0.717) is 35.4 Å². The first kappa shape index (κ1) is 24.1. The number of halogens is 2. The number of hydrazone groups is 1. The standard InChI is InChI=1S/C26H22Cl2N4O4/c27-18-5-6-20(21(28)13-18)26(35-10-11-36-26)15-32-9-8-19-17(2-1-3-23(19)32)14-30-31-25(34)16-4-7-24(33)22(29)12-16/h1-9,12-14,33H,10-11,15,29H2,(H,31,34)/b30-14+. The molecule has 1 amide bonds. The molecule has 3 aromatic carbocycles. The Morgan fingerprint density at radius 1 is 1.14 bits per heavy atom. The van der Waals surface area contributed by atoms with E-state index in [0.717, 1.165) is 16.5 Å². The monoisotopic (exact) mass is 524 g/mol. The van der Waals surface area contributed by atoms with Crippen molar-refractivity contribution in [3.8, 4) is 5.75 Å². The third-order valence-corrected chi connectivity index (χ3v) is 6.53. The fourth-order valence-electron chi connectivity index (χ4n) is 4.23. The number of nitrogens with two attached hydrogens (primary N) is 1. The molecule has 4 aromatic rings. The zero-order chi connectivity index (χ0) is 25.3. The fraction of sp³-hybridized carbons (Fsp3) is 0.154. The largest absolute Gasteiger partial charge is 0.506 e. The highest BCUT2D eigenvalue weighted by atomic mass is 35.5. The van der Waals surface area contributed by atoms with E-state index in [1.165, 1.54) is 18.2 Å². The van der Waals surface area contributed by atoms with E-state index in [-0.39, 0.29) is 17.0 Å². The van der Waals surface area contributed by atoms with Gasteiger partial charge in [0.2, 0.25) is 5.79 Å². The Bertz CT molecular complexity index is 1480. The average molecular weight is 525 g/mol. The number of fused-ring (bicyclic) bond motifs is 1. The summed E-state index contributed by atoms with van der Waals surface area (Å²) >= 11 is 12.6. The summed E-state index contributed by atoms with van der Waals surface area (Å²) in [6.45, 7) is 1.27. The lowest BCUT2D eigenvalue weighted by Gasteiger charge is -2.29. The molecule has 4 N–H and O–H groups in total. The SMILES string of the molecule is Nc1cc(C(=O)N/N=C/c2cccc3c2ccn3CC2(c3ccc(Cl)cc3Cl)OCCO2)ccc1O. The molecule has 1 saturated heterocycles. The lowest BCUT2D eigenvalue weighted by molar-refractivity contribution is -0.175. The van der Waals surface area contributed by atoms with Crippen molar-refractivity contribution in [1.29, 1.82) is 0 Å². The van der Waals surface area contributed by atoms with Crippen LogP contribution in [0.4, 0.5) is 5.69 Å². The second-order valence-electron chi connectivity index (χ2n) is 8.27. The van der Waals surface area contributed by atoms with Gasteiger partial charge in [-0.2, -0.15) is 5.10 Å². The van der Waals surface area contributed by atoms with Gasteiger partial charge in [-0.05, 0) is 42.5 Å². The predicted molar refractivity (Wildman–Crippen MR) is 140 cm³/mol. The van der Waals surface area contributed by atoms with Crippen LogP contribution >= 0.6 is 23.2 Å². The number of hydrogen-bond acceptors (Lipinski definition) is 6. The van der Waals surface area contributed by atoms with Gasteiger partial charge >= 0.3 is 0 Å². The molecule has 1 aliphatic heterocycles. The van der Waals surface area contributed by atoms with Crippen LogP contribution < -0.4 is 11.2 Å². The molecule has 0 aliphatic carbocycles. The molecule has 0 atom stereocenters. The summed E-state index contributed by atoms with van der Waals surface area (Å²) in [4.78, 5) is 12.4. The van der Waals surface area contributed by atoms with E-state index in [1.54, 1.807) is 18.3 Å². The number of phenols is 1. The van der Waals surface area contributed by atoms with Gasteiger partial charge in [-0.1, -0.05) is 41.4 Å². The van der Waals surface area contributed by atoms with Gasteiger partial charge < -0.3 is 24.9 Å². The minimum absolute atomic E-state index is 0.0836. The highest BCUT2D eigenvalue weighted by Crippen LogP contribution is 2.39. The van der Waals surface area contributed by atoms with Crippen LogP contribution in [0.3, 0.4) is 0 Å². The number of nitrogens with one attached hydrogen (secondary N) is 1. The lowest BCUT2D eigenvalue weighted by atomic mass is 10.1. The molecule has 184 valence electrons. The molecule has 0 saturated carbocycles. The van der Waals surface area contributed by atoms with Crippen LogP contribution in [0.2, 0.25) is 10.0 Å². The molecule has 5 rings (SSSR count). The van der Waals surface area contributed by atoms with Crippen molar-refractivity contribution in [3.05, 3.63) is 93.6 Å². The third kappa shape index (κ3) is 4.64. The van der Waals surface area contributed by atoms with Crippen molar-refractivity contribution in [2.75, 3.05) is 18.9 Å². The van der Waals surface area contributed by atoms with Crippen molar-refractivity contribution in [2.24, 2.45) is 5.10 Å². The molecule has 36 heavy (non-hydrogen) atoms. The molecule has 1 aliphatic rings. The minimum Gasteiger partial charge on any atom is -0.506 e. The van der Waals surface area contributed by atoms with Crippen molar-refractivity contribution in [2.45, 2.75) is 12.3 Å². The third-order valence-electron chi connectivity index (χ3n) is 5.98. The van der Waals surface area contributed by atoms with Gasteiger partial charge in [0.1, 0.15) is 5.75 Å². The first-order valence-corrected chi connectivity index (χ1v) is 11.9. The van der Waals surface area contributed by atoms with Crippen molar-refractivity contribution >= 4 is 51.9 Å². The first-order chi connectivity index (χ1) is 17.4. The van der Waals surface area contributed by atoms with Crippen LogP contribution in [-0.4, -0.2) is 35.0 Å². The number of benzene rings is 3. The Morgan fingerprint density at radius 2 is 1.94 bits per heavy atom. The van der Waals surface area contributed by atoms with E-state index >= 15 is 0 Å². The molecule has 1 aromatic heterocycles. The van der Waals surface area contributed by atoms with Crippen LogP contribution in [0.15, 0.2) is 72.0 Å². The fourth-order valence-corrected chi connectivity index (χ4v) is 4.78. The molecule has 0 unspecified atom stereocenters. The molecule has 2 heterocycles. The smallest absolute Gasteiger partial charge is 0.271 e. The maximum atomic E-state index is 12.4. The van der Waals surface area contributed by atoms with E-state index in [2.05, 4.69) is 10.5 Å². The van der Waals surface area contributed by atoms with Crippen molar-refractivity contribution in [3.63, 3.8) is 0 Å². The minimum atomic E-state index is -1.04. The van der Waals surface area contributed by atoms with Crippen LogP contribution in [0, 0.1) is 0 Å². The van der Waals surface area contributed by atoms with Gasteiger partial charge in [-0.25, -0.2) is 5.43 Å². The topological polar surface area (TPSA) is 111 Å². The summed E-state index contributed by atoms with van der Waals surface area (Å²) < 4.78 is 14.2. The molecule has 0 radical (unpaired) electrons. The number of carbonyl (C=O) groups excluding carboxylic acids is 1. The van der Waals surface area contributed by atoms with E-state index in [4.69, 9.17) is 38.4 Å². The number of ether oxygens (including phenoxy) is 2. The number of nitrogens with zero attached hydrogens (tertiary/aromatic N) is 2. The first-order valence-electron chi connectivity index (χ1n) is 11.1. The molecule has 1 fully saturated rings. The van der Waals surface area contributed by atoms with E-state index < -0.39 is 11.7 Å². The van der Waals surface area contributed by atoms with Gasteiger partial charge in [-0.3, -0.25) is 4.79 Å². The van der Waals surface area contributed by atoms with Gasteiger partial charge in [0.05, 0.1) is 36.7 Å². The van der Waals surface area contributed by atoms with Gasteiger partial charge in [-0.15, -0.1) is 0 Å². The Kier molecular flexibility index (Phi) is 6.59. The predicted octanol–water partition coefficient (Wildman–Crippen LogP) is 4.90. The molecule has 0 bridgehead atoms. The zero-order valence-corrected chi connectivity index (χ0v) is 20.5. The number of hydrogen-bond donors (Lipinski definition) is 3. The van der Waals surface area contributed by atoms with Crippen molar-refractivity contribution in [1.82, 2.24) is 9.99 Å². The van der Waals surface area contributed by atoms with E-state index in [1.807, 2.05) is 41.1 Å². The molecular weight excluding hydrogens is 503 g/mol. The Morgan fingerprint density at radius 3 is 2.69 bits per heavy atom. The Balaban J connectivity index is 1.39. The van der Waals surface area contributed by atoms with Gasteiger partial charge in [0.15, 0.2) is 0 Å². The van der Waals surface area contributed by atoms with Crippen molar-refractivity contribution < 1.29 is 19.4 Å². The summed E-state index contributed by atoms with van der Waals surface area (Å²) in [7, 11) is 0. The summed E-state index contributed by atoms with van der Waals surface area (Å²) in [5.74, 6) is -1.57. The van der Waals surface area contributed by atoms with Crippen LogP contribution in [0.5, 0.6) is 5.75 Å². The van der Waals surface area contributed by atoms with Gasteiger partial charge in [0, 0.05) is 38.8 Å². The average Bonchev–Trinajstić information content (AvgIpc) is 3.49.